The number of terminal acetylenes is 1. The molecule has 19 heavy (non-hydrogen) atoms. The van der Waals surface area contributed by atoms with Crippen LogP contribution in [0.15, 0.2) is 6.07 Å². The van der Waals surface area contributed by atoms with Crippen LogP contribution in [0, 0.1) is 18.3 Å². The first-order valence-electron chi connectivity index (χ1n) is 6.51. The highest BCUT2D eigenvalue weighted by molar-refractivity contribution is 5.93. The fourth-order valence-electron chi connectivity index (χ4n) is 2.29. The number of pyridine rings is 1. The van der Waals surface area contributed by atoms with Crippen molar-refractivity contribution in [3.8, 4) is 12.3 Å². The molecule has 0 bridgehead atoms. The van der Waals surface area contributed by atoms with Crippen LogP contribution in [0.1, 0.15) is 41.9 Å². The average molecular weight is 258 g/mol. The molecule has 0 fully saturated rings. The molecule has 0 aliphatic heterocycles. The third kappa shape index (κ3) is 2.70. The number of fused-ring (bicyclic) bond motifs is 1. The molecule has 1 atom stereocenters. The molecule has 100 valence electrons. The minimum Gasteiger partial charge on any atom is -0.478 e. The number of carboxylic acids is 1. The Balaban J connectivity index is 2.38. The number of carbonyl (C=O) groups is 1. The van der Waals surface area contributed by atoms with Gasteiger partial charge in [-0.2, -0.15) is 0 Å². The van der Waals surface area contributed by atoms with Crippen molar-refractivity contribution in [3.63, 3.8) is 0 Å². The number of hydrogen-bond donors (Lipinski definition) is 2. The number of nitrogens with zero attached hydrogens (tertiary/aromatic N) is 1. The zero-order chi connectivity index (χ0) is 14.0. The van der Waals surface area contributed by atoms with E-state index in [1.165, 1.54) is 0 Å². The molecular weight excluding hydrogens is 240 g/mol. The molecule has 2 N–H and O–H groups in total. The van der Waals surface area contributed by atoms with Crippen molar-refractivity contribution in [2.75, 3.05) is 5.32 Å². The highest BCUT2D eigenvalue weighted by Crippen LogP contribution is 2.26. The van der Waals surface area contributed by atoms with E-state index in [0.29, 0.717) is 5.82 Å². The molecule has 0 radical (unpaired) electrons. The first kappa shape index (κ1) is 13.4. The number of rotatable bonds is 4. The smallest absolute Gasteiger partial charge is 0.339 e. The van der Waals surface area contributed by atoms with Crippen molar-refractivity contribution in [1.82, 2.24) is 4.98 Å². The Hall–Kier alpha value is -2.02. The summed E-state index contributed by atoms with van der Waals surface area (Å²) in [7, 11) is 0. The summed E-state index contributed by atoms with van der Waals surface area (Å²) >= 11 is 0. The van der Waals surface area contributed by atoms with Crippen molar-refractivity contribution in [3.05, 3.63) is 22.9 Å². The van der Waals surface area contributed by atoms with Crippen molar-refractivity contribution < 1.29 is 9.90 Å². The second-order valence-electron chi connectivity index (χ2n) is 5.18. The summed E-state index contributed by atoms with van der Waals surface area (Å²) < 4.78 is 0. The second kappa shape index (κ2) is 5.31. The largest absolute Gasteiger partial charge is 0.478 e. The summed E-state index contributed by atoms with van der Waals surface area (Å²) in [6, 6.07) is 1.51. The zero-order valence-electron chi connectivity index (χ0n) is 11.2. The number of carboxylic acid groups (broad SMARTS) is 1. The molecule has 2 rings (SSSR count). The van der Waals surface area contributed by atoms with Gasteiger partial charge >= 0.3 is 5.97 Å². The zero-order valence-corrected chi connectivity index (χ0v) is 11.2. The predicted molar refractivity (Wildman–Crippen MR) is 74.3 cm³/mol. The highest BCUT2D eigenvalue weighted by atomic mass is 16.4. The summed E-state index contributed by atoms with van der Waals surface area (Å²) in [6.45, 7) is 3.98. The molecule has 0 saturated carbocycles. The maximum absolute atomic E-state index is 11.3. The summed E-state index contributed by atoms with van der Waals surface area (Å²) in [5.41, 5.74) is 2.25. The van der Waals surface area contributed by atoms with Gasteiger partial charge in [0.25, 0.3) is 0 Å². The van der Waals surface area contributed by atoms with Gasteiger partial charge in [0.1, 0.15) is 11.4 Å². The Morgan fingerprint density at radius 2 is 2.26 bits per heavy atom. The molecule has 1 aromatic rings. The summed E-state index contributed by atoms with van der Waals surface area (Å²) in [6.07, 6.45) is 8.33. The van der Waals surface area contributed by atoms with Crippen molar-refractivity contribution in [2.45, 2.75) is 39.2 Å². The van der Waals surface area contributed by atoms with Crippen LogP contribution in [0.3, 0.4) is 0 Å². The number of anilines is 1. The second-order valence-corrected chi connectivity index (χ2v) is 5.18. The van der Waals surface area contributed by atoms with E-state index < -0.39 is 5.97 Å². The molecular formula is C15H18N2O2. The molecule has 1 aromatic heterocycles. The standard InChI is InChI=1S/C15H18N2O2/c1-4-12(9(2)3)16-14-11(15(18)19)8-10-6-5-7-13(10)17-14/h1,8-9,12H,5-7H2,2-3H3,(H,16,17)(H,18,19). The first-order chi connectivity index (χ1) is 9.02. The number of hydrogen-bond acceptors (Lipinski definition) is 3. The number of aryl methyl sites for hydroxylation is 2. The fraction of sp³-hybridized carbons (Fsp3) is 0.467. The van der Waals surface area contributed by atoms with Gasteiger partial charge in [-0.3, -0.25) is 0 Å². The van der Waals surface area contributed by atoms with Crippen LogP contribution < -0.4 is 5.32 Å². The van der Waals surface area contributed by atoms with E-state index in [0.717, 1.165) is 30.5 Å². The van der Waals surface area contributed by atoms with Crippen molar-refractivity contribution >= 4 is 11.8 Å². The van der Waals surface area contributed by atoms with Crippen LogP contribution in [0.2, 0.25) is 0 Å². The van der Waals surface area contributed by atoms with Gasteiger partial charge in [0.2, 0.25) is 0 Å². The van der Waals surface area contributed by atoms with Gasteiger partial charge < -0.3 is 10.4 Å². The third-order valence-corrected chi connectivity index (χ3v) is 3.42. The third-order valence-electron chi connectivity index (χ3n) is 3.42. The lowest BCUT2D eigenvalue weighted by Gasteiger charge is -2.19. The number of nitrogens with one attached hydrogen (secondary N) is 1. The maximum Gasteiger partial charge on any atom is 0.339 e. The van der Waals surface area contributed by atoms with Gasteiger partial charge in [0.15, 0.2) is 0 Å². The quantitative estimate of drug-likeness (QED) is 0.814. The van der Waals surface area contributed by atoms with E-state index in [-0.39, 0.29) is 17.5 Å². The van der Waals surface area contributed by atoms with E-state index in [2.05, 4.69) is 16.2 Å². The monoisotopic (exact) mass is 258 g/mol. The lowest BCUT2D eigenvalue weighted by Crippen LogP contribution is -2.25. The van der Waals surface area contributed by atoms with Crippen molar-refractivity contribution in [2.24, 2.45) is 5.92 Å². The van der Waals surface area contributed by atoms with Gasteiger partial charge in [0.05, 0.1) is 6.04 Å². The summed E-state index contributed by atoms with van der Waals surface area (Å²) in [4.78, 5) is 15.8. The number of aromatic nitrogens is 1. The molecule has 1 aliphatic rings. The van der Waals surface area contributed by atoms with Gasteiger partial charge in [-0.25, -0.2) is 9.78 Å². The molecule has 1 aliphatic carbocycles. The average Bonchev–Trinajstić information content (AvgIpc) is 2.81. The lowest BCUT2D eigenvalue weighted by molar-refractivity contribution is 0.0697. The van der Waals surface area contributed by atoms with Crippen LogP contribution in [-0.2, 0) is 12.8 Å². The van der Waals surface area contributed by atoms with Crippen LogP contribution in [0.25, 0.3) is 0 Å². The SMILES string of the molecule is C#CC(Nc1nc2c(cc1C(=O)O)CCC2)C(C)C. The molecule has 0 aromatic carbocycles. The van der Waals surface area contributed by atoms with Gasteiger partial charge in [-0.1, -0.05) is 19.8 Å². The van der Waals surface area contributed by atoms with E-state index in [1.807, 2.05) is 13.8 Å². The van der Waals surface area contributed by atoms with Crippen molar-refractivity contribution in [1.29, 1.82) is 0 Å². The van der Waals surface area contributed by atoms with Gasteiger partial charge in [0, 0.05) is 5.69 Å². The minimum atomic E-state index is -0.968. The Morgan fingerprint density at radius 3 is 2.84 bits per heavy atom. The normalized spacial score (nSPS) is 14.8. The van der Waals surface area contributed by atoms with Crippen LogP contribution in [-0.4, -0.2) is 22.1 Å². The molecule has 0 amide bonds. The Morgan fingerprint density at radius 1 is 1.53 bits per heavy atom. The fourth-order valence-corrected chi connectivity index (χ4v) is 2.29. The topological polar surface area (TPSA) is 62.2 Å². The van der Waals surface area contributed by atoms with Crippen LogP contribution >= 0.6 is 0 Å². The molecule has 1 unspecified atom stereocenters. The van der Waals surface area contributed by atoms with E-state index in [9.17, 15) is 9.90 Å². The molecule has 1 heterocycles. The Bertz CT molecular complexity index is 544. The summed E-state index contributed by atoms with van der Waals surface area (Å²) in [5.74, 6) is 2.27. The maximum atomic E-state index is 11.3. The molecule has 0 saturated heterocycles. The molecule has 0 spiro atoms. The lowest BCUT2D eigenvalue weighted by atomic mass is 10.0. The van der Waals surface area contributed by atoms with Crippen LogP contribution in [0.4, 0.5) is 5.82 Å². The first-order valence-corrected chi connectivity index (χ1v) is 6.51. The van der Waals surface area contributed by atoms with Gasteiger partial charge in [-0.05, 0) is 36.8 Å². The minimum absolute atomic E-state index is 0.210. The van der Waals surface area contributed by atoms with Crippen LogP contribution in [0.5, 0.6) is 0 Å². The van der Waals surface area contributed by atoms with E-state index in [4.69, 9.17) is 6.42 Å². The Kier molecular flexibility index (Phi) is 3.75. The summed E-state index contributed by atoms with van der Waals surface area (Å²) in [5, 5.41) is 12.4. The van der Waals surface area contributed by atoms with E-state index >= 15 is 0 Å². The molecule has 4 nitrogen and oxygen atoms in total. The van der Waals surface area contributed by atoms with Gasteiger partial charge in [-0.15, -0.1) is 6.42 Å². The number of aromatic carboxylic acids is 1. The molecule has 4 heteroatoms. The Labute approximate surface area is 113 Å². The predicted octanol–water partition coefficient (Wildman–Crippen LogP) is 2.34. The van der Waals surface area contributed by atoms with E-state index in [1.54, 1.807) is 6.07 Å². The highest BCUT2D eigenvalue weighted by Gasteiger charge is 2.21.